The average molecular weight is 426 g/mol. The predicted molar refractivity (Wildman–Crippen MR) is 106 cm³/mol. The predicted octanol–water partition coefficient (Wildman–Crippen LogP) is 2.76. The van der Waals surface area contributed by atoms with E-state index in [9.17, 15) is 4.57 Å². The number of nitrogens with zero attached hydrogens (tertiary/aromatic N) is 1. The molecular weight excluding hydrogens is 400 g/mol. The van der Waals surface area contributed by atoms with Crippen molar-refractivity contribution in [3.8, 4) is 5.75 Å². The first-order valence-corrected chi connectivity index (χ1v) is 12.4. The van der Waals surface area contributed by atoms with Crippen molar-refractivity contribution in [2.45, 2.75) is 31.4 Å². The molecule has 0 bridgehead atoms. The highest BCUT2D eigenvalue weighted by atomic mass is 32.2. The molecule has 1 rings (SSSR count). The van der Waals surface area contributed by atoms with Crippen LogP contribution in [0.4, 0.5) is 0 Å². The van der Waals surface area contributed by atoms with E-state index in [-0.39, 0.29) is 6.54 Å². The van der Waals surface area contributed by atoms with Gasteiger partial charge in [0.05, 0.1) is 7.11 Å². The van der Waals surface area contributed by atoms with Gasteiger partial charge in [0.25, 0.3) is 0 Å². The largest absolute Gasteiger partial charge is 0.497 e. The number of rotatable bonds is 12. The van der Waals surface area contributed by atoms with Gasteiger partial charge in [0.1, 0.15) is 5.75 Å². The van der Waals surface area contributed by atoms with Crippen molar-refractivity contribution in [2.75, 3.05) is 19.4 Å². The minimum absolute atomic E-state index is 0.0306. The Morgan fingerprint density at radius 1 is 1.12 bits per heavy atom. The summed E-state index contributed by atoms with van der Waals surface area (Å²) in [5.74, 6) is 2.77. The highest BCUT2D eigenvalue weighted by Gasteiger charge is 2.51. The van der Waals surface area contributed by atoms with Crippen LogP contribution in [-0.4, -0.2) is 49.1 Å². The molecular formula is C15H26NO7P2S+. The third-order valence-electron chi connectivity index (χ3n) is 3.41. The lowest BCUT2D eigenvalue weighted by atomic mass is 10.2. The maximum atomic E-state index is 11.1. The number of benzene rings is 1. The summed E-state index contributed by atoms with van der Waals surface area (Å²) in [6.45, 7) is 0.0306. The van der Waals surface area contributed by atoms with E-state index in [1.165, 1.54) is 5.56 Å². The Bertz CT molecular complexity index is 613. The zero-order valence-electron chi connectivity index (χ0n) is 14.6. The summed E-state index contributed by atoms with van der Waals surface area (Å²) in [6, 6.07) is 7.94. The van der Waals surface area contributed by atoms with Gasteiger partial charge in [0.2, 0.25) is 0 Å². The van der Waals surface area contributed by atoms with Crippen molar-refractivity contribution in [3.63, 3.8) is 0 Å². The quantitative estimate of drug-likeness (QED) is 0.195. The molecule has 1 aromatic carbocycles. The molecule has 0 heterocycles. The van der Waals surface area contributed by atoms with Crippen LogP contribution in [0.2, 0.25) is 0 Å². The van der Waals surface area contributed by atoms with E-state index in [2.05, 4.69) is 4.99 Å². The number of unbranched alkanes of at least 4 members (excludes halogenated alkanes) is 3. The molecule has 0 atom stereocenters. The van der Waals surface area contributed by atoms with Crippen LogP contribution >= 0.6 is 27.3 Å². The molecule has 0 aliphatic rings. The van der Waals surface area contributed by atoms with Crippen molar-refractivity contribution < 1.29 is 33.8 Å². The lowest BCUT2D eigenvalue weighted by molar-refractivity contribution is 0.348. The van der Waals surface area contributed by atoms with Gasteiger partial charge < -0.3 is 14.5 Å². The topological polar surface area (TPSA) is 140 Å². The SMILES string of the molecule is COc1ccc(CSCCCCCCN=C(P(=O)(O)O)[P+](O)(O)O)cc1. The molecule has 0 aliphatic heterocycles. The molecule has 5 N–H and O–H groups in total. The highest BCUT2D eigenvalue weighted by molar-refractivity contribution is 8.00. The summed E-state index contributed by atoms with van der Waals surface area (Å²) in [5, 5.41) is -1.21. The fourth-order valence-corrected chi connectivity index (χ4v) is 5.07. The van der Waals surface area contributed by atoms with Crippen molar-refractivity contribution >= 4 is 32.5 Å². The Morgan fingerprint density at radius 3 is 2.27 bits per heavy atom. The Morgan fingerprint density at radius 2 is 1.73 bits per heavy atom. The van der Waals surface area contributed by atoms with Gasteiger partial charge in [0, 0.05) is 12.3 Å². The van der Waals surface area contributed by atoms with Gasteiger partial charge >= 0.3 is 20.7 Å². The Labute approximate surface area is 158 Å². The van der Waals surface area contributed by atoms with E-state index < -0.39 is 20.7 Å². The second kappa shape index (κ2) is 11.4. The normalized spacial score (nSPS) is 13.1. The van der Waals surface area contributed by atoms with E-state index in [1.54, 1.807) is 7.11 Å². The van der Waals surface area contributed by atoms with Gasteiger partial charge in [-0.1, -0.05) is 25.0 Å². The Kier molecular flexibility index (Phi) is 10.3. The maximum Gasteiger partial charge on any atom is 0.469 e. The molecule has 26 heavy (non-hydrogen) atoms. The van der Waals surface area contributed by atoms with E-state index in [0.29, 0.717) is 6.42 Å². The lowest BCUT2D eigenvalue weighted by Gasteiger charge is -2.08. The van der Waals surface area contributed by atoms with E-state index in [0.717, 1.165) is 36.5 Å². The summed E-state index contributed by atoms with van der Waals surface area (Å²) in [5.41, 5.74) is 1.24. The molecule has 0 fully saturated rings. The first-order chi connectivity index (χ1) is 12.1. The van der Waals surface area contributed by atoms with Gasteiger partial charge in [-0.05, 0) is 36.3 Å². The second-order valence-corrected chi connectivity index (χ2v) is 10.1. The van der Waals surface area contributed by atoms with Crippen LogP contribution in [-0.2, 0) is 10.3 Å². The van der Waals surface area contributed by atoms with Crippen LogP contribution in [0, 0.1) is 0 Å². The number of ether oxygens (including phenoxy) is 1. The molecule has 0 aromatic heterocycles. The number of hydrogen-bond donors (Lipinski definition) is 5. The zero-order chi connectivity index (χ0) is 19.6. The van der Waals surface area contributed by atoms with Gasteiger partial charge in [-0.3, -0.25) is 0 Å². The molecule has 1 aromatic rings. The molecule has 0 aliphatic carbocycles. The van der Waals surface area contributed by atoms with E-state index in [4.69, 9.17) is 29.2 Å². The van der Waals surface area contributed by atoms with Crippen molar-refractivity contribution in [2.24, 2.45) is 4.99 Å². The standard InChI is InChI=1S/C15H25NO7P2S/c1-23-14-8-6-13(7-9-14)12-26-11-5-3-2-4-10-16-15(24(17,18)19)25(20,21)22/h6-9,17-19H,2-5,10-12H2,1H3,(H-,20,21,22)/p+1. The zero-order valence-corrected chi connectivity index (χ0v) is 17.2. The fourth-order valence-electron chi connectivity index (χ4n) is 2.12. The van der Waals surface area contributed by atoms with Gasteiger partial charge in [-0.15, -0.1) is 0 Å². The fraction of sp³-hybridized carbons (Fsp3) is 0.533. The first kappa shape index (κ1) is 23.5. The van der Waals surface area contributed by atoms with Crippen LogP contribution < -0.4 is 4.74 Å². The van der Waals surface area contributed by atoms with Crippen LogP contribution in [0.25, 0.3) is 0 Å². The minimum Gasteiger partial charge on any atom is -0.497 e. The van der Waals surface area contributed by atoms with Crippen LogP contribution in [0.3, 0.4) is 0 Å². The molecule has 0 saturated heterocycles. The van der Waals surface area contributed by atoms with Gasteiger partial charge in [0.15, 0.2) is 0 Å². The minimum atomic E-state index is -4.96. The molecule has 0 unspecified atom stereocenters. The summed E-state index contributed by atoms with van der Waals surface area (Å²) in [7, 11) is -8.10. The summed E-state index contributed by atoms with van der Waals surface area (Å²) in [4.78, 5) is 48.5. The molecule has 148 valence electrons. The molecule has 8 nitrogen and oxygen atoms in total. The molecule has 0 saturated carbocycles. The van der Waals surface area contributed by atoms with Crippen molar-refractivity contribution in [1.82, 2.24) is 0 Å². The van der Waals surface area contributed by atoms with Gasteiger partial charge in [-0.2, -0.15) is 26.4 Å². The molecule has 0 amide bonds. The van der Waals surface area contributed by atoms with Gasteiger partial charge in [-0.25, -0.2) is 9.56 Å². The second-order valence-electron chi connectivity index (χ2n) is 5.61. The summed E-state index contributed by atoms with van der Waals surface area (Å²) >= 11 is 1.83. The highest BCUT2D eigenvalue weighted by Crippen LogP contribution is 2.60. The number of methoxy groups -OCH3 is 1. The Hall–Kier alpha value is -0.500. The summed E-state index contributed by atoms with van der Waals surface area (Å²) < 4.78 is 16.2. The van der Waals surface area contributed by atoms with E-state index in [1.807, 2.05) is 36.0 Å². The number of thioether (sulfide) groups is 1. The van der Waals surface area contributed by atoms with Crippen molar-refractivity contribution in [3.05, 3.63) is 29.8 Å². The number of hydrogen-bond acceptors (Lipinski definition) is 7. The van der Waals surface area contributed by atoms with E-state index >= 15 is 0 Å². The molecule has 11 heteroatoms. The first-order valence-electron chi connectivity index (χ1n) is 8.03. The molecule has 0 spiro atoms. The lowest BCUT2D eigenvalue weighted by Crippen LogP contribution is -2.07. The monoisotopic (exact) mass is 426 g/mol. The van der Waals surface area contributed by atoms with Crippen molar-refractivity contribution in [1.29, 1.82) is 0 Å². The van der Waals surface area contributed by atoms with Crippen LogP contribution in [0.15, 0.2) is 29.3 Å². The third kappa shape index (κ3) is 9.44. The van der Waals surface area contributed by atoms with Crippen LogP contribution in [0.1, 0.15) is 31.2 Å². The smallest absolute Gasteiger partial charge is 0.469 e. The third-order valence-corrected chi connectivity index (χ3v) is 7.45. The average Bonchev–Trinajstić information content (AvgIpc) is 2.54. The van der Waals surface area contributed by atoms with Crippen LogP contribution in [0.5, 0.6) is 5.75 Å². The maximum absolute atomic E-state index is 11.1. The number of aliphatic imine (C=N–C) groups is 1. The molecule has 0 radical (unpaired) electrons. The Balaban J connectivity index is 2.17. The summed E-state index contributed by atoms with van der Waals surface area (Å²) in [6.07, 6.45) is 3.29.